The van der Waals surface area contributed by atoms with Crippen molar-refractivity contribution in [2.75, 3.05) is 31.1 Å². The molecule has 0 bridgehead atoms. The molecule has 1 aliphatic heterocycles. The van der Waals surface area contributed by atoms with Gasteiger partial charge in [-0.3, -0.25) is 0 Å². The molecule has 0 radical (unpaired) electrons. The number of rotatable bonds is 4. The lowest BCUT2D eigenvalue weighted by molar-refractivity contribution is 0.384. The van der Waals surface area contributed by atoms with E-state index in [1.807, 2.05) is 30.3 Å². The van der Waals surface area contributed by atoms with Gasteiger partial charge in [-0.1, -0.05) is 42.5 Å². The van der Waals surface area contributed by atoms with Crippen LogP contribution in [0.25, 0.3) is 0 Å². The topological polar surface area (TPSA) is 40.6 Å². The van der Waals surface area contributed by atoms with Crippen molar-refractivity contribution in [3.8, 4) is 0 Å². The number of hydrogen-bond acceptors (Lipinski definition) is 3. The first-order valence-electron chi connectivity index (χ1n) is 8.30. The third-order valence-corrected chi connectivity index (χ3v) is 6.38. The summed E-state index contributed by atoms with van der Waals surface area (Å²) < 4.78 is 26.9. The molecule has 0 spiro atoms. The van der Waals surface area contributed by atoms with Crippen LogP contribution < -0.4 is 4.90 Å². The van der Waals surface area contributed by atoms with Crippen molar-refractivity contribution < 1.29 is 8.42 Å². The van der Waals surface area contributed by atoms with Gasteiger partial charge in [0.15, 0.2) is 0 Å². The zero-order valence-electron chi connectivity index (χ0n) is 14.3. The highest BCUT2D eigenvalue weighted by Crippen LogP contribution is 2.24. The van der Waals surface area contributed by atoms with Gasteiger partial charge < -0.3 is 4.90 Å². The fraction of sp³-hybridized carbons (Fsp3) is 0.368. The molecule has 1 saturated heterocycles. The molecule has 2 aromatic carbocycles. The van der Waals surface area contributed by atoms with Crippen molar-refractivity contribution >= 4 is 15.7 Å². The summed E-state index contributed by atoms with van der Waals surface area (Å²) in [5.41, 5.74) is 4.53. The molecule has 0 amide bonds. The van der Waals surface area contributed by atoms with E-state index in [9.17, 15) is 8.42 Å². The molecule has 5 heteroatoms. The Morgan fingerprint density at radius 2 is 1.58 bits per heavy atom. The standard InChI is InChI=1S/C19H24N2O2S/c1-16-8-9-17(2)19(14-16)20-10-12-21(13-11-20)24(22,23)15-18-6-4-3-5-7-18/h3-9,14H,10-13,15H2,1-2H3. The predicted molar refractivity (Wildman–Crippen MR) is 98.8 cm³/mol. The highest BCUT2D eigenvalue weighted by atomic mass is 32.2. The summed E-state index contributed by atoms with van der Waals surface area (Å²) in [7, 11) is -3.25. The van der Waals surface area contributed by atoms with Crippen molar-refractivity contribution in [3.05, 3.63) is 65.2 Å². The Morgan fingerprint density at radius 1 is 0.917 bits per heavy atom. The minimum absolute atomic E-state index is 0.0807. The highest BCUT2D eigenvalue weighted by Gasteiger charge is 2.27. The SMILES string of the molecule is Cc1ccc(C)c(N2CCN(S(=O)(=O)Cc3ccccc3)CC2)c1. The van der Waals surface area contributed by atoms with Crippen LogP contribution in [0, 0.1) is 13.8 Å². The second-order valence-electron chi connectivity index (χ2n) is 6.42. The Balaban J connectivity index is 1.67. The van der Waals surface area contributed by atoms with Crippen LogP contribution in [0.4, 0.5) is 5.69 Å². The molecule has 0 aliphatic carbocycles. The van der Waals surface area contributed by atoms with Gasteiger partial charge in [0.2, 0.25) is 10.0 Å². The molecule has 0 saturated carbocycles. The second kappa shape index (κ2) is 6.95. The van der Waals surface area contributed by atoms with Crippen molar-refractivity contribution in [2.24, 2.45) is 0 Å². The zero-order valence-corrected chi connectivity index (χ0v) is 15.1. The van der Waals surface area contributed by atoms with Gasteiger partial charge in [0.1, 0.15) is 0 Å². The first kappa shape index (κ1) is 17.0. The van der Waals surface area contributed by atoms with Crippen LogP contribution in [0.15, 0.2) is 48.5 Å². The summed E-state index contributed by atoms with van der Waals surface area (Å²) in [6.07, 6.45) is 0. The van der Waals surface area contributed by atoms with Crippen LogP contribution >= 0.6 is 0 Å². The van der Waals surface area contributed by atoms with Crippen molar-refractivity contribution in [3.63, 3.8) is 0 Å². The lowest BCUT2D eigenvalue weighted by atomic mass is 10.1. The Bertz CT molecular complexity index is 795. The molecule has 4 nitrogen and oxygen atoms in total. The van der Waals surface area contributed by atoms with E-state index in [2.05, 4.69) is 36.9 Å². The minimum Gasteiger partial charge on any atom is -0.369 e. The monoisotopic (exact) mass is 344 g/mol. The number of hydrogen-bond donors (Lipinski definition) is 0. The molecule has 128 valence electrons. The Morgan fingerprint density at radius 3 is 2.25 bits per heavy atom. The maximum atomic E-state index is 12.6. The number of benzene rings is 2. The van der Waals surface area contributed by atoms with Crippen molar-refractivity contribution in [1.29, 1.82) is 0 Å². The van der Waals surface area contributed by atoms with E-state index in [-0.39, 0.29) is 5.75 Å². The average molecular weight is 344 g/mol. The van der Waals surface area contributed by atoms with Gasteiger partial charge in [0, 0.05) is 31.9 Å². The van der Waals surface area contributed by atoms with Crippen LogP contribution in [0.5, 0.6) is 0 Å². The summed E-state index contributed by atoms with van der Waals surface area (Å²) in [6, 6.07) is 15.8. The quantitative estimate of drug-likeness (QED) is 0.856. The Kier molecular flexibility index (Phi) is 4.92. The van der Waals surface area contributed by atoms with Crippen LogP contribution in [0.2, 0.25) is 0 Å². The molecule has 0 aromatic heterocycles. The molecule has 2 aromatic rings. The lowest BCUT2D eigenvalue weighted by Crippen LogP contribution is -2.49. The first-order valence-corrected chi connectivity index (χ1v) is 9.90. The summed E-state index contributed by atoms with van der Waals surface area (Å²) in [5.74, 6) is 0.0807. The van der Waals surface area contributed by atoms with Crippen LogP contribution in [0.1, 0.15) is 16.7 Å². The third kappa shape index (κ3) is 3.79. The average Bonchev–Trinajstić information content (AvgIpc) is 2.58. The van der Waals surface area contributed by atoms with Crippen molar-refractivity contribution in [2.45, 2.75) is 19.6 Å². The van der Waals surface area contributed by atoms with Gasteiger partial charge in [-0.15, -0.1) is 0 Å². The molecular weight excluding hydrogens is 320 g/mol. The van der Waals surface area contributed by atoms with Gasteiger partial charge >= 0.3 is 0 Å². The van der Waals surface area contributed by atoms with Gasteiger partial charge in [-0.05, 0) is 36.6 Å². The van der Waals surface area contributed by atoms with E-state index in [1.165, 1.54) is 16.8 Å². The van der Waals surface area contributed by atoms with Gasteiger partial charge in [0.05, 0.1) is 5.75 Å². The van der Waals surface area contributed by atoms with Crippen LogP contribution in [0.3, 0.4) is 0 Å². The summed E-state index contributed by atoms with van der Waals surface area (Å²) in [5, 5.41) is 0. The second-order valence-corrected chi connectivity index (χ2v) is 8.39. The van der Waals surface area contributed by atoms with Gasteiger partial charge in [-0.25, -0.2) is 8.42 Å². The minimum atomic E-state index is -3.25. The maximum absolute atomic E-state index is 12.6. The molecule has 1 aliphatic rings. The Hall–Kier alpha value is -1.85. The largest absolute Gasteiger partial charge is 0.369 e. The van der Waals surface area contributed by atoms with E-state index in [0.717, 1.165) is 18.7 Å². The number of piperazine rings is 1. The van der Waals surface area contributed by atoms with Crippen molar-refractivity contribution in [1.82, 2.24) is 4.31 Å². The predicted octanol–water partition coefficient (Wildman–Crippen LogP) is 2.96. The van der Waals surface area contributed by atoms with Crippen LogP contribution in [-0.2, 0) is 15.8 Å². The summed E-state index contributed by atoms with van der Waals surface area (Å²) >= 11 is 0. The molecule has 0 atom stereocenters. The Labute approximate surface area is 144 Å². The lowest BCUT2D eigenvalue weighted by Gasteiger charge is -2.36. The molecule has 0 unspecified atom stereocenters. The number of nitrogens with zero attached hydrogens (tertiary/aromatic N) is 2. The number of sulfonamides is 1. The zero-order chi connectivity index (χ0) is 17.2. The molecule has 24 heavy (non-hydrogen) atoms. The van der Waals surface area contributed by atoms with Crippen LogP contribution in [-0.4, -0.2) is 38.9 Å². The molecule has 1 heterocycles. The van der Waals surface area contributed by atoms with E-state index in [0.29, 0.717) is 13.1 Å². The van der Waals surface area contributed by atoms with E-state index >= 15 is 0 Å². The summed E-state index contributed by atoms with van der Waals surface area (Å²) in [4.78, 5) is 2.29. The van der Waals surface area contributed by atoms with Gasteiger partial charge in [0.25, 0.3) is 0 Å². The maximum Gasteiger partial charge on any atom is 0.218 e. The normalized spacial score (nSPS) is 16.3. The molecule has 1 fully saturated rings. The third-order valence-electron chi connectivity index (χ3n) is 4.53. The fourth-order valence-corrected chi connectivity index (χ4v) is 4.66. The van der Waals surface area contributed by atoms with E-state index < -0.39 is 10.0 Å². The highest BCUT2D eigenvalue weighted by molar-refractivity contribution is 7.88. The fourth-order valence-electron chi connectivity index (χ4n) is 3.14. The number of aryl methyl sites for hydroxylation is 2. The van der Waals surface area contributed by atoms with Gasteiger partial charge in [-0.2, -0.15) is 4.31 Å². The smallest absolute Gasteiger partial charge is 0.218 e. The first-order chi connectivity index (χ1) is 11.5. The van der Waals surface area contributed by atoms with E-state index in [1.54, 1.807) is 4.31 Å². The number of anilines is 1. The molecule has 0 N–H and O–H groups in total. The molecular formula is C19H24N2O2S. The molecule has 3 rings (SSSR count). The van der Waals surface area contributed by atoms with E-state index in [4.69, 9.17) is 0 Å². The summed E-state index contributed by atoms with van der Waals surface area (Å²) in [6.45, 7) is 6.75.